The third-order valence-corrected chi connectivity index (χ3v) is 2.26. The summed E-state index contributed by atoms with van der Waals surface area (Å²) in [6.07, 6.45) is 0. The fourth-order valence-electron chi connectivity index (χ4n) is 0.963. The molecule has 0 saturated carbocycles. The van der Waals surface area contributed by atoms with Crippen molar-refractivity contribution in [2.45, 2.75) is 4.90 Å². The zero-order valence-electron chi connectivity index (χ0n) is 7.26. The van der Waals surface area contributed by atoms with E-state index in [4.69, 9.17) is 14.4 Å². The minimum absolute atomic E-state index is 0.0307. The molecule has 1 aromatic rings. The summed E-state index contributed by atoms with van der Waals surface area (Å²) < 4.78 is 24.2. The number of carbonyl (C=O) groups is 1. The Labute approximate surface area is 82.6 Å². The highest BCUT2D eigenvalue weighted by molar-refractivity contribution is 7.79. The lowest BCUT2D eigenvalue weighted by Gasteiger charge is -2.05. The maximum Gasteiger partial charge on any atom is 0.339 e. The van der Waals surface area contributed by atoms with Crippen molar-refractivity contribution < 1.29 is 23.4 Å². The number of methoxy groups -OCH3 is 1. The molecule has 14 heavy (non-hydrogen) atoms. The molecule has 6 heteroatoms. The van der Waals surface area contributed by atoms with Crippen LogP contribution in [0.5, 0.6) is 5.75 Å². The molecule has 0 spiro atoms. The van der Waals surface area contributed by atoms with Gasteiger partial charge in [0.25, 0.3) is 0 Å². The van der Waals surface area contributed by atoms with E-state index in [1.807, 2.05) is 0 Å². The SMILES string of the molecule is COc1ccc(S(=O)O)cc1C(=O)O. The fraction of sp³-hybridized carbons (Fsp3) is 0.125. The van der Waals surface area contributed by atoms with Crippen molar-refractivity contribution in [1.29, 1.82) is 0 Å². The molecule has 1 unspecified atom stereocenters. The molecule has 0 saturated heterocycles. The molecule has 1 aromatic carbocycles. The number of benzene rings is 1. The van der Waals surface area contributed by atoms with E-state index >= 15 is 0 Å². The first kappa shape index (κ1) is 10.7. The monoisotopic (exact) mass is 216 g/mol. The first-order valence-electron chi connectivity index (χ1n) is 3.58. The van der Waals surface area contributed by atoms with Crippen LogP contribution in [-0.4, -0.2) is 26.9 Å². The summed E-state index contributed by atoms with van der Waals surface area (Å²) in [6.45, 7) is 0. The highest BCUT2D eigenvalue weighted by Crippen LogP contribution is 2.20. The standard InChI is InChI=1S/C8H8O5S/c1-13-7-3-2-5(14(11)12)4-6(7)8(9)10/h2-4H,1H3,(H,9,10)(H,11,12). The van der Waals surface area contributed by atoms with Crippen LogP contribution in [0.3, 0.4) is 0 Å². The van der Waals surface area contributed by atoms with Gasteiger partial charge in [-0.2, -0.15) is 0 Å². The molecule has 0 heterocycles. The van der Waals surface area contributed by atoms with Crippen LogP contribution in [0.15, 0.2) is 23.1 Å². The first-order chi connectivity index (χ1) is 6.56. The van der Waals surface area contributed by atoms with Crippen molar-refractivity contribution in [3.63, 3.8) is 0 Å². The molecule has 76 valence electrons. The van der Waals surface area contributed by atoms with Crippen LogP contribution in [0.25, 0.3) is 0 Å². The van der Waals surface area contributed by atoms with Crippen LogP contribution in [0.4, 0.5) is 0 Å². The van der Waals surface area contributed by atoms with Crippen LogP contribution >= 0.6 is 0 Å². The molecule has 5 nitrogen and oxygen atoms in total. The van der Waals surface area contributed by atoms with Gasteiger partial charge in [0.15, 0.2) is 11.1 Å². The zero-order valence-corrected chi connectivity index (χ0v) is 8.08. The molecule has 2 N–H and O–H groups in total. The van der Waals surface area contributed by atoms with Gasteiger partial charge in [-0.3, -0.25) is 0 Å². The van der Waals surface area contributed by atoms with E-state index in [0.29, 0.717) is 0 Å². The van der Waals surface area contributed by atoms with Crippen molar-refractivity contribution >= 4 is 17.0 Å². The Morgan fingerprint density at radius 1 is 1.50 bits per heavy atom. The summed E-state index contributed by atoms with van der Waals surface area (Å²) in [4.78, 5) is 10.7. The van der Waals surface area contributed by atoms with Crippen LogP contribution in [0.1, 0.15) is 10.4 Å². The van der Waals surface area contributed by atoms with Gasteiger partial charge < -0.3 is 14.4 Å². The Morgan fingerprint density at radius 2 is 2.14 bits per heavy atom. The Balaban J connectivity index is 3.27. The van der Waals surface area contributed by atoms with Crippen molar-refractivity contribution in [3.05, 3.63) is 23.8 Å². The minimum Gasteiger partial charge on any atom is -0.496 e. The van der Waals surface area contributed by atoms with E-state index in [9.17, 15) is 9.00 Å². The van der Waals surface area contributed by atoms with Gasteiger partial charge in [-0.1, -0.05) is 0 Å². The Hall–Kier alpha value is -1.40. The Morgan fingerprint density at radius 3 is 2.57 bits per heavy atom. The first-order valence-corrected chi connectivity index (χ1v) is 4.69. The zero-order chi connectivity index (χ0) is 10.7. The molecule has 0 radical (unpaired) electrons. The van der Waals surface area contributed by atoms with Crippen molar-refractivity contribution in [2.75, 3.05) is 7.11 Å². The molecule has 0 aliphatic carbocycles. The van der Waals surface area contributed by atoms with Crippen molar-refractivity contribution in [3.8, 4) is 5.75 Å². The van der Waals surface area contributed by atoms with Crippen molar-refractivity contribution in [2.24, 2.45) is 0 Å². The predicted octanol–water partition coefficient (Wildman–Crippen LogP) is 0.974. The summed E-state index contributed by atoms with van der Waals surface area (Å²) >= 11 is -2.18. The van der Waals surface area contributed by atoms with Crippen LogP contribution in [0, 0.1) is 0 Å². The average molecular weight is 216 g/mol. The highest BCUT2D eigenvalue weighted by atomic mass is 32.2. The molecule has 0 fully saturated rings. The van der Waals surface area contributed by atoms with Gasteiger partial charge in [-0.05, 0) is 18.2 Å². The summed E-state index contributed by atoms with van der Waals surface area (Å²) in [5, 5.41) is 8.74. The largest absolute Gasteiger partial charge is 0.496 e. The number of rotatable bonds is 3. The summed E-state index contributed by atoms with van der Waals surface area (Å²) in [7, 11) is 1.33. The molecule has 0 amide bonds. The predicted molar refractivity (Wildman–Crippen MR) is 49.0 cm³/mol. The van der Waals surface area contributed by atoms with Gasteiger partial charge in [-0.15, -0.1) is 0 Å². The molecular formula is C8H8O5S. The second kappa shape index (κ2) is 4.21. The molecule has 0 aliphatic rings. The third-order valence-electron chi connectivity index (χ3n) is 1.60. The molecule has 0 aliphatic heterocycles. The normalized spacial score (nSPS) is 12.1. The van der Waals surface area contributed by atoms with Gasteiger partial charge in [0.05, 0.1) is 12.0 Å². The van der Waals surface area contributed by atoms with Crippen LogP contribution < -0.4 is 4.74 Å². The Kier molecular flexibility index (Phi) is 3.21. The number of hydrogen-bond donors (Lipinski definition) is 2. The quantitative estimate of drug-likeness (QED) is 0.735. The van der Waals surface area contributed by atoms with Gasteiger partial charge in [0.2, 0.25) is 0 Å². The number of ether oxygens (including phenoxy) is 1. The second-order valence-corrected chi connectivity index (χ2v) is 3.39. The van der Waals surface area contributed by atoms with Gasteiger partial charge in [0, 0.05) is 0 Å². The van der Waals surface area contributed by atoms with Crippen LogP contribution in [-0.2, 0) is 11.1 Å². The molecule has 0 bridgehead atoms. The smallest absolute Gasteiger partial charge is 0.339 e. The van der Waals surface area contributed by atoms with Gasteiger partial charge in [0.1, 0.15) is 11.3 Å². The lowest BCUT2D eigenvalue weighted by molar-refractivity contribution is 0.0693. The molecule has 1 atom stereocenters. The lowest BCUT2D eigenvalue weighted by Crippen LogP contribution is -2.02. The number of carboxylic acid groups (broad SMARTS) is 1. The topological polar surface area (TPSA) is 83.8 Å². The van der Waals surface area contributed by atoms with E-state index in [0.717, 1.165) is 6.07 Å². The van der Waals surface area contributed by atoms with Gasteiger partial charge >= 0.3 is 5.97 Å². The third kappa shape index (κ3) is 2.09. The summed E-state index contributed by atoms with van der Waals surface area (Å²) in [5.74, 6) is -1.04. The van der Waals surface area contributed by atoms with E-state index < -0.39 is 17.0 Å². The van der Waals surface area contributed by atoms with Crippen LogP contribution in [0.2, 0.25) is 0 Å². The van der Waals surface area contributed by atoms with E-state index in [-0.39, 0.29) is 16.2 Å². The Bertz CT molecular complexity index is 387. The van der Waals surface area contributed by atoms with Gasteiger partial charge in [-0.25, -0.2) is 9.00 Å². The van der Waals surface area contributed by atoms with E-state index in [1.165, 1.54) is 19.2 Å². The summed E-state index contributed by atoms with van der Waals surface area (Å²) in [5.41, 5.74) is -0.132. The van der Waals surface area contributed by atoms with Crippen molar-refractivity contribution in [1.82, 2.24) is 0 Å². The summed E-state index contributed by atoms with van der Waals surface area (Å²) in [6, 6.07) is 3.78. The number of carboxylic acids is 1. The maximum absolute atomic E-state index is 10.7. The number of hydrogen-bond acceptors (Lipinski definition) is 3. The maximum atomic E-state index is 10.7. The number of aromatic carboxylic acids is 1. The van der Waals surface area contributed by atoms with E-state index in [1.54, 1.807) is 0 Å². The highest BCUT2D eigenvalue weighted by Gasteiger charge is 2.13. The van der Waals surface area contributed by atoms with E-state index in [2.05, 4.69) is 0 Å². The minimum atomic E-state index is -2.18. The molecule has 0 aromatic heterocycles. The molecular weight excluding hydrogens is 208 g/mol. The average Bonchev–Trinajstić information content (AvgIpc) is 2.16. The second-order valence-electron chi connectivity index (χ2n) is 2.42. The lowest BCUT2D eigenvalue weighted by atomic mass is 10.2. The fourth-order valence-corrected chi connectivity index (χ4v) is 1.37. The molecule has 1 rings (SSSR count).